The lowest BCUT2D eigenvalue weighted by atomic mass is 10.2. The summed E-state index contributed by atoms with van der Waals surface area (Å²) in [5.74, 6) is -1.10. The molecule has 5 heteroatoms. The number of aliphatic carboxylic acids is 1. The van der Waals surface area contributed by atoms with Crippen LogP contribution >= 0.6 is 11.3 Å². The van der Waals surface area contributed by atoms with Gasteiger partial charge in [0.2, 0.25) is 0 Å². The van der Waals surface area contributed by atoms with Crippen molar-refractivity contribution in [2.24, 2.45) is 0 Å². The molecule has 0 unspecified atom stereocenters. The van der Waals surface area contributed by atoms with Crippen LogP contribution in [0.1, 0.15) is 27.0 Å². The van der Waals surface area contributed by atoms with Crippen molar-refractivity contribution in [1.29, 1.82) is 0 Å². The first kappa shape index (κ1) is 12.4. The van der Waals surface area contributed by atoms with Crippen LogP contribution in [0.25, 0.3) is 6.08 Å². The lowest BCUT2D eigenvalue weighted by molar-refractivity contribution is -0.132. The van der Waals surface area contributed by atoms with E-state index in [1.807, 2.05) is 6.92 Å². The summed E-state index contributed by atoms with van der Waals surface area (Å²) in [7, 11) is 1.56. The lowest BCUT2D eigenvalue weighted by Gasteiger charge is -1.93. The highest BCUT2D eigenvalue weighted by molar-refractivity contribution is 7.15. The number of carboxylic acid groups (broad SMARTS) is 1. The molecule has 0 radical (unpaired) electrons. The number of aryl methyl sites for hydroxylation is 1. The molecule has 0 fully saturated rings. The topological polar surface area (TPSA) is 66.4 Å². The Bertz CT molecular complexity index is 460. The highest BCUT2D eigenvalue weighted by atomic mass is 32.1. The Hall–Kier alpha value is -1.62. The van der Waals surface area contributed by atoms with E-state index in [9.17, 15) is 9.59 Å². The molecule has 0 spiro atoms. The highest BCUT2D eigenvalue weighted by Crippen LogP contribution is 2.24. The number of carboxylic acids is 1. The summed E-state index contributed by atoms with van der Waals surface area (Å²) in [6.07, 6.45) is 1.58. The van der Waals surface area contributed by atoms with Crippen LogP contribution in [-0.2, 0) is 4.79 Å². The molecule has 0 aliphatic rings. The molecule has 1 amide bonds. The van der Waals surface area contributed by atoms with Crippen LogP contribution in [0.3, 0.4) is 0 Å². The Labute approximate surface area is 97.6 Å². The summed E-state index contributed by atoms with van der Waals surface area (Å²) in [5.41, 5.74) is 1.16. The van der Waals surface area contributed by atoms with Crippen LogP contribution < -0.4 is 5.32 Å². The van der Waals surface area contributed by atoms with E-state index in [-0.39, 0.29) is 11.5 Å². The fraction of sp³-hybridized carbons (Fsp3) is 0.273. The molecular weight excluding hydrogens is 226 g/mol. The Balaban J connectivity index is 3.08. The van der Waals surface area contributed by atoms with Gasteiger partial charge in [0.05, 0.1) is 4.88 Å². The first-order valence-corrected chi connectivity index (χ1v) is 5.51. The minimum atomic E-state index is -0.950. The smallest absolute Gasteiger partial charge is 0.331 e. The number of hydrogen-bond donors (Lipinski definition) is 2. The fourth-order valence-electron chi connectivity index (χ4n) is 1.13. The van der Waals surface area contributed by atoms with Crippen molar-refractivity contribution in [2.45, 2.75) is 13.8 Å². The maximum Gasteiger partial charge on any atom is 0.331 e. The second-order valence-electron chi connectivity index (χ2n) is 3.37. The van der Waals surface area contributed by atoms with E-state index >= 15 is 0 Å². The van der Waals surface area contributed by atoms with Crippen LogP contribution in [0.4, 0.5) is 0 Å². The predicted octanol–water partition coefficient (Wildman–Crippen LogP) is 1.90. The Morgan fingerprint density at radius 1 is 1.50 bits per heavy atom. The quantitative estimate of drug-likeness (QED) is 0.792. The van der Waals surface area contributed by atoms with Gasteiger partial charge in [-0.15, -0.1) is 11.3 Å². The summed E-state index contributed by atoms with van der Waals surface area (Å²) in [4.78, 5) is 23.4. The second-order valence-corrected chi connectivity index (χ2v) is 4.45. The zero-order valence-electron chi connectivity index (χ0n) is 9.33. The van der Waals surface area contributed by atoms with Crippen molar-refractivity contribution in [1.82, 2.24) is 5.32 Å². The van der Waals surface area contributed by atoms with E-state index in [4.69, 9.17) is 5.11 Å². The number of nitrogens with one attached hydrogen (secondary N) is 1. The van der Waals surface area contributed by atoms with Crippen molar-refractivity contribution in [3.63, 3.8) is 0 Å². The molecule has 0 saturated heterocycles. The largest absolute Gasteiger partial charge is 0.478 e. The van der Waals surface area contributed by atoms with Gasteiger partial charge in [0.25, 0.3) is 5.91 Å². The van der Waals surface area contributed by atoms with Gasteiger partial charge in [-0.1, -0.05) is 0 Å². The first-order chi connectivity index (χ1) is 7.45. The number of carbonyl (C=O) groups excluding carboxylic acids is 1. The van der Waals surface area contributed by atoms with Gasteiger partial charge in [0.1, 0.15) is 0 Å². The van der Waals surface area contributed by atoms with Gasteiger partial charge in [-0.2, -0.15) is 0 Å². The summed E-state index contributed by atoms with van der Waals surface area (Å²) in [6.45, 7) is 3.38. The van der Waals surface area contributed by atoms with Gasteiger partial charge in [-0.05, 0) is 31.6 Å². The molecule has 1 rings (SSSR count). The van der Waals surface area contributed by atoms with Crippen LogP contribution in [0.15, 0.2) is 11.6 Å². The average molecular weight is 239 g/mol. The van der Waals surface area contributed by atoms with Gasteiger partial charge in [-0.3, -0.25) is 4.79 Å². The molecular formula is C11H13NO3S. The van der Waals surface area contributed by atoms with Gasteiger partial charge >= 0.3 is 5.97 Å². The summed E-state index contributed by atoms with van der Waals surface area (Å²) >= 11 is 1.29. The Morgan fingerprint density at radius 3 is 2.62 bits per heavy atom. The van der Waals surface area contributed by atoms with E-state index in [1.165, 1.54) is 18.3 Å². The normalized spacial score (nSPS) is 11.3. The number of rotatable bonds is 3. The molecule has 0 atom stereocenters. The zero-order valence-corrected chi connectivity index (χ0v) is 10.1. The highest BCUT2D eigenvalue weighted by Gasteiger charge is 2.10. The van der Waals surface area contributed by atoms with Crippen LogP contribution in [-0.4, -0.2) is 24.0 Å². The van der Waals surface area contributed by atoms with Crippen molar-refractivity contribution in [2.75, 3.05) is 7.05 Å². The van der Waals surface area contributed by atoms with E-state index in [0.717, 1.165) is 10.4 Å². The Kier molecular flexibility index (Phi) is 3.84. The predicted molar refractivity (Wildman–Crippen MR) is 63.7 cm³/mol. The number of amides is 1. The molecule has 16 heavy (non-hydrogen) atoms. The van der Waals surface area contributed by atoms with Crippen LogP contribution in [0.2, 0.25) is 0 Å². The van der Waals surface area contributed by atoms with Crippen LogP contribution in [0.5, 0.6) is 0 Å². The average Bonchev–Trinajstić information content (AvgIpc) is 2.59. The minimum absolute atomic E-state index is 0.152. The maximum absolute atomic E-state index is 11.4. The Morgan fingerprint density at radius 2 is 2.12 bits per heavy atom. The summed E-state index contributed by atoms with van der Waals surface area (Å²) < 4.78 is 0. The summed E-state index contributed by atoms with van der Waals surface area (Å²) in [6, 6.07) is 1.75. The first-order valence-electron chi connectivity index (χ1n) is 4.69. The molecule has 4 nitrogen and oxygen atoms in total. The third-order valence-corrected chi connectivity index (χ3v) is 3.27. The van der Waals surface area contributed by atoms with E-state index in [2.05, 4.69) is 5.32 Å². The number of thiophene rings is 1. The van der Waals surface area contributed by atoms with Gasteiger partial charge in [0, 0.05) is 17.5 Å². The monoisotopic (exact) mass is 239 g/mol. The van der Waals surface area contributed by atoms with Gasteiger partial charge in [0.15, 0.2) is 0 Å². The minimum Gasteiger partial charge on any atom is -0.478 e. The standard InChI is InChI=1S/C11H13NO3S/c1-6-4-9(10(13)12-3)16-8(6)5-7(2)11(14)15/h4-5H,1-3H3,(H,12,13)(H,14,15). The third kappa shape index (κ3) is 2.70. The molecule has 0 aromatic carbocycles. The van der Waals surface area contributed by atoms with Crippen LogP contribution in [0, 0.1) is 6.92 Å². The zero-order chi connectivity index (χ0) is 12.3. The summed E-state index contributed by atoms with van der Waals surface area (Å²) in [5, 5.41) is 11.3. The number of carbonyl (C=O) groups is 2. The van der Waals surface area contributed by atoms with Gasteiger partial charge in [-0.25, -0.2) is 4.79 Å². The van der Waals surface area contributed by atoms with E-state index in [1.54, 1.807) is 19.2 Å². The van der Waals surface area contributed by atoms with E-state index < -0.39 is 5.97 Å². The maximum atomic E-state index is 11.4. The molecule has 0 aliphatic carbocycles. The molecule has 1 aromatic rings. The molecule has 2 N–H and O–H groups in total. The van der Waals surface area contributed by atoms with E-state index in [0.29, 0.717) is 4.88 Å². The van der Waals surface area contributed by atoms with Crippen molar-refractivity contribution >= 4 is 29.3 Å². The molecule has 1 aromatic heterocycles. The third-order valence-electron chi connectivity index (χ3n) is 2.09. The van der Waals surface area contributed by atoms with Crippen molar-refractivity contribution < 1.29 is 14.7 Å². The molecule has 0 aliphatic heterocycles. The van der Waals surface area contributed by atoms with Crippen molar-refractivity contribution in [3.05, 3.63) is 27.0 Å². The lowest BCUT2D eigenvalue weighted by Crippen LogP contribution is -2.16. The van der Waals surface area contributed by atoms with Crippen molar-refractivity contribution in [3.8, 4) is 0 Å². The second kappa shape index (κ2) is 4.94. The molecule has 0 bridgehead atoms. The molecule has 0 saturated carbocycles. The SMILES string of the molecule is CNC(=O)c1cc(C)c(C=C(C)C(=O)O)s1. The number of hydrogen-bond acceptors (Lipinski definition) is 3. The molecule has 86 valence electrons. The molecule has 1 heterocycles. The van der Waals surface area contributed by atoms with Gasteiger partial charge < -0.3 is 10.4 Å². The fourth-order valence-corrected chi connectivity index (χ4v) is 2.26.